The normalized spacial score (nSPS) is 12.6. The topological polar surface area (TPSA) is 72.2 Å². The second-order valence-corrected chi connectivity index (χ2v) is 7.90. The molecule has 1 rings (SSSR count). The van der Waals surface area contributed by atoms with Gasteiger partial charge in [-0.3, -0.25) is 0 Å². The van der Waals surface area contributed by atoms with Crippen molar-refractivity contribution in [3.8, 4) is 0 Å². The second-order valence-electron chi connectivity index (χ2n) is 5.97. The van der Waals surface area contributed by atoms with Crippen molar-refractivity contribution in [1.29, 1.82) is 0 Å². The minimum absolute atomic E-state index is 0.0253. The van der Waals surface area contributed by atoms with Crippen LogP contribution < -0.4 is 10.5 Å². The average molecular weight is 284 g/mol. The van der Waals surface area contributed by atoms with Gasteiger partial charge in [0.05, 0.1) is 5.75 Å². The molecule has 0 unspecified atom stereocenters. The Bertz CT molecular complexity index is 487. The van der Waals surface area contributed by atoms with Gasteiger partial charge < -0.3 is 5.73 Å². The zero-order chi connectivity index (χ0) is 14.5. The van der Waals surface area contributed by atoms with E-state index in [4.69, 9.17) is 5.73 Å². The van der Waals surface area contributed by atoms with Crippen LogP contribution in [0.25, 0.3) is 0 Å². The maximum atomic E-state index is 11.8. The molecule has 0 aliphatic heterocycles. The van der Waals surface area contributed by atoms with Gasteiger partial charge >= 0.3 is 0 Å². The fourth-order valence-electron chi connectivity index (χ4n) is 1.50. The highest BCUT2D eigenvalue weighted by atomic mass is 32.2. The molecule has 19 heavy (non-hydrogen) atoms. The molecule has 1 aromatic carbocycles. The summed E-state index contributed by atoms with van der Waals surface area (Å²) in [6.45, 7) is 6.94. The number of nitrogens with one attached hydrogen (secondary N) is 1. The highest BCUT2D eigenvalue weighted by molar-refractivity contribution is 7.89. The van der Waals surface area contributed by atoms with Crippen molar-refractivity contribution in [3.63, 3.8) is 0 Å². The quantitative estimate of drug-likeness (QED) is 0.839. The Labute approximate surface area is 116 Å². The van der Waals surface area contributed by atoms with Crippen LogP contribution in [0.1, 0.15) is 38.3 Å². The van der Waals surface area contributed by atoms with Crippen LogP contribution in [0.2, 0.25) is 0 Å². The van der Waals surface area contributed by atoms with Crippen molar-refractivity contribution < 1.29 is 8.42 Å². The molecule has 0 saturated carbocycles. The van der Waals surface area contributed by atoms with Crippen LogP contribution in [0.5, 0.6) is 0 Å². The van der Waals surface area contributed by atoms with E-state index in [1.165, 1.54) is 0 Å². The van der Waals surface area contributed by atoms with E-state index in [9.17, 15) is 8.42 Å². The Morgan fingerprint density at radius 3 is 2.11 bits per heavy atom. The molecule has 0 fully saturated rings. The van der Waals surface area contributed by atoms with E-state index in [1.807, 2.05) is 45.0 Å². The van der Waals surface area contributed by atoms with Crippen molar-refractivity contribution in [3.05, 3.63) is 35.4 Å². The first-order valence-corrected chi connectivity index (χ1v) is 8.12. The summed E-state index contributed by atoms with van der Waals surface area (Å²) >= 11 is 0. The monoisotopic (exact) mass is 284 g/mol. The fraction of sp³-hybridized carbons (Fsp3) is 0.571. The van der Waals surface area contributed by atoms with Crippen LogP contribution in [-0.4, -0.2) is 14.2 Å². The van der Waals surface area contributed by atoms with Gasteiger partial charge in [-0.1, -0.05) is 45.0 Å². The number of sulfonamides is 1. The molecule has 108 valence electrons. The summed E-state index contributed by atoms with van der Waals surface area (Å²) in [7, 11) is -3.20. The molecule has 1 aromatic rings. The van der Waals surface area contributed by atoms with Crippen molar-refractivity contribution in [2.75, 3.05) is 5.75 Å². The van der Waals surface area contributed by atoms with Crippen molar-refractivity contribution in [1.82, 2.24) is 4.72 Å². The van der Waals surface area contributed by atoms with Crippen molar-refractivity contribution in [2.24, 2.45) is 11.1 Å². The first kappa shape index (κ1) is 16.1. The summed E-state index contributed by atoms with van der Waals surface area (Å²) in [6.07, 6.45) is 0.647. The third kappa shape index (κ3) is 6.71. The molecule has 0 heterocycles. The molecular formula is C14H24N2O2S. The lowest BCUT2D eigenvalue weighted by Gasteiger charge is -2.17. The molecule has 0 aromatic heterocycles. The zero-order valence-corrected chi connectivity index (χ0v) is 12.8. The molecule has 4 nitrogen and oxygen atoms in total. The van der Waals surface area contributed by atoms with Crippen LogP contribution in [0.4, 0.5) is 0 Å². The molecule has 3 N–H and O–H groups in total. The Kier molecular flexibility index (Phi) is 5.52. The van der Waals surface area contributed by atoms with E-state index >= 15 is 0 Å². The summed E-state index contributed by atoms with van der Waals surface area (Å²) < 4.78 is 26.3. The van der Waals surface area contributed by atoms with Crippen molar-refractivity contribution in [2.45, 2.75) is 40.3 Å². The minimum Gasteiger partial charge on any atom is -0.326 e. The molecule has 0 bridgehead atoms. The maximum absolute atomic E-state index is 11.8. The highest BCUT2D eigenvalue weighted by Crippen LogP contribution is 2.19. The lowest BCUT2D eigenvalue weighted by atomic mass is 9.94. The van der Waals surface area contributed by atoms with Crippen LogP contribution in [0.3, 0.4) is 0 Å². The number of benzene rings is 1. The van der Waals surface area contributed by atoms with E-state index < -0.39 is 10.0 Å². The van der Waals surface area contributed by atoms with E-state index in [-0.39, 0.29) is 11.2 Å². The number of rotatable bonds is 6. The van der Waals surface area contributed by atoms with Gasteiger partial charge in [0, 0.05) is 13.1 Å². The predicted molar refractivity (Wildman–Crippen MR) is 79.0 cm³/mol. The predicted octanol–water partition coefficient (Wildman–Crippen LogP) is 2.00. The number of nitrogens with two attached hydrogens (primary N) is 1. The largest absolute Gasteiger partial charge is 0.326 e. The summed E-state index contributed by atoms with van der Waals surface area (Å²) in [5.41, 5.74) is 7.52. The highest BCUT2D eigenvalue weighted by Gasteiger charge is 2.16. The second kappa shape index (κ2) is 6.50. The van der Waals surface area contributed by atoms with Gasteiger partial charge in [0.15, 0.2) is 0 Å². The molecule has 0 atom stereocenters. The molecule has 0 radical (unpaired) electrons. The average Bonchev–Trinajstić information content (AvgIpc) is 2.34. The molecule has 0 saturated heterocycles. The van der Waals surface area contributed by atoms with Gasteiger partial charge in [0.1, 0.15) is 0 Å². The third-order valence-corrected chi connectivity index (χ3v) is 4.20. The van der Waals surface area contributed by atoms with Crippen LogP contribution in [-0.2, 0) is 23.1 Å². The van der Waals surface area contributed by atoms with Gasteiger partial charge in [-0.2, -0.15) is 0 Å². The molecule has 5 heteroatoms. The van der Waals surface area contributed by atoms with Crippen LogP contribution in [0, 0.1) is 5.41 Å². The smallest absolute Gasteiger partial charge is 0.211 e. The molecule has 0 aliphatic rings. The van der Waals surface area contributed by atoms with E-state index in [1.54, 1.807) is 0 Å². The first-order chi connectivity index (χ1) is 8.72. The van der Waals surface area contributed by atoms with Crippen LogP contribution in [0.15, 0.2) is 24.3 Å². The lowest BCUT2D eigenvalue weighted by Crippen LogP contribution is -2.28. The molecular weight excluding hydrogens is 260 g/mol. The Morgan fingerprint density at radius 2 is 1.63 bits per heavy atom. The van der Waals surface area contributed by atoms with Gasteiger partial charge in [-0.25, -0.2) is 13.1 Å². The standard InChI is InChI=1S/C14H24N2O2S/c1-14(2,3)8-9-19(17,18)16-11-13-6-4-12(10-15)5-7-13/h4-7,16H,8-11,15H2,1-3H3. The molecule has 0 amide bonds. The van der Waals surface area contributed by atoms with E-state index in [0.717, 1.165) is 11.1 Å². The summed E-state index contributed by atoms with van der Waals surface area (Å²) in [6, 6.07) is 7.63. The van der Waals surface area contributed by atoms with E-state index in [2.05, 4.69) is 4.72 Å². The Hall–Kier alpha value is -0.910. The van der Waals surface area contributed by atoms with Crippen LogP contribution >= 0.6 is 0 Å². The maximum Gasteiger partial charge on any atom is 0.211 e. The Morgan fingerprint density at radius 1 is 1.11 bits per heavy atom. The zero-order valence-electron chi connectivity index (χ0n) is 11.9. The lowest BCUT2D eigenvalue weighted by molar-refractivity contribution is 0.396. The third-order valence-electron chi connectivity index (χ3n) is 2.88. The Balaban J connectivity index is 2.50. The molecule has 0 spiro atoms. The van der Waals surface area contributed by atoms with E-state index in [0.29, 0.717) is 19.5 Å². The summed E-state index contributed by atoms with van der Waals surface area (Å²) in [5, 5.41) is 0. The van der Waals surface area contributed by atoms with Crippen molar-refractivity contribution >= 4 is 10.0 Å². The van der Waals surface area contributed by atoms with Gasteiger partial charge in [0.25, 0.3) is 0 Å². The fourth-order valence-corrected chi connectivity index (χ4v) is 2.91. The number of hydrogen-bond acceptors (Lipinski definition) is 3. The van der Waals surface area contributed by atoms with Gasteiger partial charge in [0.2, 0.25) is 10.0 Å². The summed E-state index contributed by atoms with van der Waals surface area (Å²) in [5.74, 6) is 0.164. The first-order valence-electron chi connectivity index (χ1n) is 6.47. The summed E-state index contributed by atoms with van der Waals surface area (Å²) in [4.78, 5) is 0. The number of hydrogen-bond donors (Lipinski definition) is 2. The SMILES string of the molecule is CC(C)(C)CCS(=O)(=O)NCc1ccc(CN)cc1. The molecule has 0 aliphatic carbocycles. The van der Waals surface area contributed by atoms with Gasteiger partial charge in [-0.15, -0.1) is 0 Å². The minimum atomic E-state index is -3.20. The van der Waals surface area contributed by atoms with Gasteiger partial charge in [-0.05, 0) is 23.0 Å².